The Labute approximate surface area is 481 Å². The molecule has 8 nitrogen and oxygen atoms in total. The average Bonchev–Trinajstić information content (AvgIpc) is 3.39. The van der Waals surface area contributed by atoms with Crippen molar-refractivity contribution in [1.29, 1.82) is 0 Å². The van der Waals surface area contributed by atoms with Crippen LogP contribution >= 0.6 is 7.82 Å². The molecule has 1 amide bonds. The van der Waals surface area contributed by atoms with Gasteiger partial charge < -0.3 is 19.8 Å². The van der Waals surface area contributed by atoms with E-state index in [1.807, 2.05) is 27.2 Å². The fourth-order valence-corrected chi connectivity index (χ4v) is 11.3. The molecule has 0 spiro atoms. The van der Waals surface area contributed by atoms with Crippen LogP contribution in [0.2, 0.25) is 0 Å². The van der Waals surface area contributed by atoms with Gasteiger partial charge in [0.15, 0.2) is 0 Å². The molecule has 3 atom stereocenters. The minimum Gasteiger partial charge on any atom is -0.387 e. The summed E-state index contributed by atoms with van der Waals surface area (Å²) in [5.41, 5.74) is 0. The summed E-state index contributed by atoms with van der Waals surface area (Å²) in [6.07, 6.45) is 77.6. The second-order valence-electron chi connectivity index (χ2n) is 24.9. The van der Waals surface area contributed by atoms with E-state index in [4.69, 9.17) is 9.05 Å². The molecule has 77 heavy (non-hydrogen) atoms. The number of hydrogen-bond donors (Lipinski definition) is 3. The topological polar surface area (TPSA) is 105 Å². The molecule has 0 aliphatic heterocycles. The fourth-order valence-electron chi connectivity index (χ4n) is 10.6. The molecule has 0 heterocycles. The second kappa shape index (κ2) is 59.6. The minimum absolute atomic E-state index is 0.0590. The second-order valence-corrected chi connectivity index (χ2v) is 26.4. The molecule has 0 rings (SSSR count). The smallest absolute Gasteiger partial charge is 0.387 e. The van der Waals surface area contributed by atoms with Gasteiger partial charge in [0.1, 0.15) is 13.2 Å². The Balaban J connectivity index is 4.01. The number of unbranched alkanes of at least 4 members (excludes halogenated alkanes) is 49. The first kappa shape index (κ1) is 76.0. The number of amides is 1. The van der Waals surface area contributed by atoms with Crippen LogP contribution in [0.3, 0.4) is 0 Å². The number of phosphoric ester groups is 1. The molecule has 0 aliphatic rings. The Bertz CT molecular complexity index is 1300. The number of aliphatic hydroxyl groups is 1. The molecular weight excluding hydrogens is 972 g/mol. The summed E-state index contributed by atoms with van der Waals surface area (Å²) < 4.78 is 23.8. The van der Waals surface area contributed by atoms with Crippen molar-refractivity contribution in [3.05, 3.63) is 24.3 Å². The lowest BCUT2D eigenvalue weighted by Crippen LogP contribution is -2.45. The quantitative estimate of drug-likeness (QED) is 0.0243. The van der Waals surface area contributed by atoms with Crippen LogP contribution in [0.15, 0.2) is 24.3 Å². The van der Waals surface area contributed by atoms with Gasteiger partial charge in [0.25, 0.3) is 0 Å². The van der Waals surface area contributed by atoms with Crippen LogP contribution in [0.5, 0.6) is 0 Å². The van der Waals surface area contributed by atoms with Crippen LogP contribution in [-0.4, -0.2) is 73.4 Å². The Morgan fingerprint density at radius 3 is 1.04 bits per heavy atom. The van der Waals surface area contributed by atoms with Gasteiger partial charge in [-0.2, -0.15) is 0 Å². The number of likely N-dealkylation sites (N-methyl/N-ethyl adjacent to an activating group) is 1. The predicted molar refractivity (Wildman–Crippen MR) is 337 cm³/mol. The van der Waals surface area contributed by atoms with Crippen LogP contribution in [0.4, 0.5) is 0 Å². The first-order chi connectivity index (χ1) is 37.5. The monoisotopic (exact) mass is 1110 g/mol. The lowest BCUT2D eigenvalue weighted by molar-refractivity contribution is -0.870. The van der Waals surface area contributed by atoms with Crippen molar-refractivity contribution in [1.82, 2.24) is 5.32 Å². The molecule has 3 unspecified atom stereocenters. The third kappa shape index (κ3) is 62.4. The van der Waals surface area contributed by atoms with Crippen LogP contribution in [0.1, 0.15) is 354 Å². The molecule has 0 aromatic rings. The van der Waals surface area contributed by atoms with Crippen molar-refractivity contribution >= 4 is 13.7 Å². The zero-order chi connectivity index (χ0) is 56.3. The third-order valence-corrected chi connectivity index (χ3v) is 16.9. The number of rotatable bonds is 64. The molecule has 0 aliphatic carbocycles. The minimum atomic E-state index is -4.36. The Morgan fingerprint density at radius 2 is 0.714 bits per heavy atom. The first-order valence-corrected chi connectivity index (χ1v) is 35.7. The third-order valence-electron chi connectivity index (χ3n) is 15.9. The number of carbonyl (C=O) groups excluding carboxylic acids is 1. The van der Waals surface area contributed by atoms with Gasteiger partial charge in [0.2, 0.25) is 5.91 Å². The van der Waals surface area contributed by atoms with Gasteiger partial charge in [-0.1, -0.05) is 340 Å². The summed E-state index contributed by atoms with van der Waals surface area (Å²) in [5.74, 6) is -0.178. The van der Waals surface area contributed by atoms with Gasteiger partial charge in [-0.3, -0.25) is 13.8 Å². The summed E-state index contributed by atoms with van der Waals surface area (Å²) in [6, 6.07) is -0.861. The molecule has 0 aromatic heterocycles. The maximum atomic E-state index is 13.0. The lowest BCUT2D eigenvalue weighted by atomic mass is 10.0. The number of hydrogen-bond acceptors (Lipinski definition) is 5. The first-order valence-electron chi connectivity index (χ1n) is 34.2. The molecule has 0 bridgehead atoms. The maximum absolute atomic E-state index is 13.0. The van der Waals surface area contributed by atoms with Crippen molar-refractivity contribution in [2.24, 2.45) is 0 Å². The van der Waals surface area contributed by atoms with E-state index in [1.165, 1.54) is 295 Å². The predicted octanol–water partition coefficient (Wildman–Crippen LogP) is 21.5. The zero-order valence-corrected chi connectivity index (χ0v) is 53.4. The highest BCUT2D eigenvalue weighted by molar-refractivity contribution is 7.47. The van der Waals surface area contributed by atoms with Crippen LogP contribution in [0, 0.1) is 0 Å². The summed E-state index contributed by atoms with van der Waals surface area (Å²) in [7, 11) is 1.57. The van der Waals surface area contributed by atoms with Crippen molar-refractivity contribution in [2.45, 2.75) is 366 Å². The highest BCUT2D eigenvalue weighted by Gasteiger charge is 2.28. The number of aliphatic hydroxyl groups excluding tert-OH is 1. The molecule has 0 saturated heterocycles. The molecule has 9 heteroatoms. The summed E-state index contributed by atoms with van der Waals surface area (Å²) in [4.78, 5) is 23.4. The Morgan fingerprint density at radius 1 is 0.429 bits per heavy atom. The Hall–Kier alpha value is -1.02. The van der Waals surface area contributed by atoms with Crippen LogP contribution in [0.25, 0.3) is 0 Å². The SMILES string of the molecule is CCCCCCCCCCCCCCCCC/C=C/CC/C=C/C(O)C(COP(=O)(O)OCC[N+](C)(C)C)NC(=O)CCCCCCCCCCCCCCCCCCCCCCCCCCCCCCCCCCCC. The van der Waals surface area contributed by atoms with E-state index in [1.54, 1.807) is 6.08 Å². The normalized spacial score (nSPS) is 13.8. The van der Waals surface area contributed by atoms with E-state index in [0.29, 0.717) is 17.4 Å². The number of nitrogens with one attached hydrogen (secondary N) is 1. The van der Waals surface area contributed by atoms with E-state index in [-0.39, 0.29) is 19.1 Å². The van der Waals surface area contributed by atoms with Gasteiger partial charge in [0, 0.05) is 6.42 Å². The summed E-state index contributed by atoms with van der Waals surface area (Å²) >= 11 is 0. The Kier molecular flexibility index (Phi) is 58.8. The van der Waals surface area contributed by atoms with E-state index in [2.05, 4.69) is 31.3 Å². The van der Waals surface area contributed by atoms with Crippen molar-refractivity contribution in [3.8, 4) is 0 Å². The fraction of sp³-hybridized carbons (Fsp3) is 0.926. The lowest BCUT2D eigenvalue weighted by Gasteiger charge is -2.25. The molecule has 0 saturated carbocycles. The van der Waals surface area contributed by atoms with Gasteiger partial charge in [-0.15, -0.1) is 0 Å². The standard InChI is InChI=1S/C68H135N2O6P/c1-6-8-10-12-14-16-18-20-22-24-26-28-29-30-31-32-33-34-35-36-37-38-39-40-42-44-46-48-50-52-54-56-58-60-62-68(72)69-66(65-76-77(73,74)75-64-63-70(3,4)5)67(71)61-59-57-55-53-51-49-47-45-43-41-27-25-23-21-19-17-15-13-11-9-7-2/h51,53,59,61,66-67,71H,6-50,52,54-58,60,62-65H2,1-5H3,(H-,69,72,73,74)/p+1/b53-51+,61-59+. The highest BCUT2D eigenvalue weighted by atomic mass is 31.2. The maximum Gasteiger partial charge on any atom is 0.472 e. The number of nitrogens with zero attached hydrogens (tertiary/aromatic N) is 1. The van der Waals surface area contributed by atoms with Gasteiger partial charge >= 0.3 is 7.82 Å². The summed E-state index contributed by atoms with van der Waals surface area (Å²) in [5, 5.41) is 14.0. The molecule has 0 fully saturated rings. The van der Waals surface area contributed by atoms with Gasteiger partial charge in [-0.05, 0) is 32.1 Å². The van der Waals surface area contributed by atoms with E-state index in [0.717, 1.165) is 38.5 Å². The molecule has 458 valence electrons. The van der Waals surface area contributed by atoms with E-state index >= 15 is 0 Å². The van der Waals surface area contributed by atoms with Crippen molar-refractivity contribution < 1.29 is 32.9 Å². The largest absolute Gasteiger partial charge is 0.472 e. The number of carbonyl (C=O) groups is 1. The van der Waals surface area contributed by atoms with Crippen molar-refractivity contribution in [3.63, 3.8) is 0 Å². The number of allylic oxidation sites excluding steroid dienone is 3. The van der Waals surface area contributed by atoms with E-state index < -0.39 is 20.0 Å². The highest BCUT2D eigenvalue weighted by Crippen LogP contribution is 2.43. The number of quaternary nitrogens is 1. The summed E-state index contributed by atoms with van der Waals surface area (Å²) in [6.45, 7) is 4.86. The van der Waals surface area contributed by atoms with Gasteiger partial charge in [-0.25, -0.2) is 4.57 Å². The van der Waals surface area contributed by atoms with Crippen LogP contribution < -0.4 is 5.32 Å². The van der Waals surface area contributed by atoms with Crippen molar-refractivity contribution in [2.75, 3.05) is 40.9 Å². The van der Waals surface area contributed by atoms with Crippen LogP contribution in [-0.2, 0) is 18.4 Å². The molecule has 0 aromatic carbocycles. The molecular formula is C68H136N2O6P+. The number of phosphoric acid groups is 1. The zero-order valence-electron chi connectivity index (χ0n) is 52.5. The average molecular weight is 1110 g/mol. The molecule has 0 radical (unpaired) electrons. The van der Waals surface area contributed by atoms with E-state index in [9.17, 15) is 19.4 Å². The van der Waals surface area contributed by atoms with Gasteiger partial charge in [0.05, 0.1) is 39.9 Å². The molecule has 3 N–H and O–H groups in total.